The SMILES string of the molecule is CC(=O)Oc1c2c(c3ccccc3c1OC(=O)[C@@H](N)CS)OC(C)(C)CC2. The second kappa shape index (κ2) is 7.40. The zero-order valence-corrected chi connectivity index (χ0v) is 16.5. The summed E-state index contributed by atoms with van der Waals surface area (Å²) in [6, 6.07) is 6.49. The van der Waals surface area contributed by atoms with Gasteiger partial charge in [0.2, 0.25) is 0 Å². The summed E-state index contributed by atoms with van der Waals surface area (Å²) >= 11 is 4.04. The molecule has 0 saturated heterocycles. The molecule has 1 aliphatic heterocycles. The van der Waals surface area contributed by atoms with E-state index in [0.29, 0.717) is 23.1 Å². The molecule has 0 amide bonds. The van der Waals surface area contributed by atoms with Crippen molar-refractivity contribution in [3.8, 4) is 17.2 Å². The van der Waals surface area contributed by atoms with E-state index < -0.39 is 18.0 Å². The number of hydrogen-bond acceptors (Lipinski definition) is 7. The Morgan fingerprint density at radius 3 is 2.52 bits per heavy atom. The van der Waals surface area contributed by atoms with E-state index in [1.54, 1.807) is 6.07 Å². The molecule has 1 heterocycles. The van der Waals surface area contributed by atoms with Crippen molar-refractivity contribution in [3.63, 3.8) is 0 Å². The highest BCUT2D eigenvalue weighted by molar-refractivity contribution is 7.80. The first-order valence-electron chi connectivity index (χ1n) is 8.76. The van der Waals surface area contributed by atoms with Crippen LogP contribution in [0, 0.1) is 0 Å². The van der Waals surface area contributed by atoms with Crippen molar-refractivity contribution in [2.24, 2.45) is 5.73 Å². The second-order valence-corrected chi connectivity index (χ2v) is 7.54. The van der Waals surface area contributed by atoms with Crippen LogP contribution in [-0.2, 0) is 16.0 Å². The maximum absolute atomic E-state index is 12.3. The largest absolute Gasteiger partial charge is 0.487 e. The third kappa shape index (κ3) is 3.89. The smallest absolute Gasteiger partial charge is 0.329 e. The van der Waals surface area contributed by atoms with Gasteiger partial charge in [0, 0.05) is 29.0 Å². The highest BCUT2D eigenvalue weighted by atomic mass is 32.1. The van der Waals surface area contributed by atoms with E-state index >= 15 is 0 Å². The summed E-state index contributed by atoms with van der Waals surface area (Å²) in [5, 5.41) is 1.41. The molecule has 7 heteroatoms. The van der Waals surface area contributed by atoms with Crippen LogP contribution in [0.15, 0.2) is 24.3 Å². The van der Waals surface area contributed by atoms with Crippen LogP contribution in [0.5, 0.6) is 17.2 Å². The molecule has 1 aliphatic rings. The Morgan fingerprint density at radius 2 is 1.89 bits per heavy atom. The molecule has 27 heavy (non-hydrogen) atoms. The summed E-state index contributed by atoms with van der Waals surface area (Å²) < 4.78 is 17.3. The lowest BCUT2D eigenvalue weighted by atomic mass is 9.91. The van der Waals surface area contributed by atoms with Crippen molar-refractivity contribution in [3.05, 3.63) is 29.8 Å². The number of carbonyl (C=O) groups excluding carboxylic acids is 2. The van der Waals surface area contributed by atoms with Crippen LogP contribution in [0.25, 0.3) is 10.8 Å². The fourth-order valence-electron chi connectivity index (χ4n) is 3.10. The Kier molecular flexibility index (Phi) is 5.35. The summed E-state index contributed by atoms with van der Waals surface area (Å²) in [7, 11) is 0. The highest BCUT2D eigenvalue weighted by Crippen LogP contribution is 2.50. The van der Waals surface area contributed by atoms with Gasteiger partial charge in [-0.2, -0.15) is 12.6 Å². The van der Waals surface area contributed by atoms with E-state index in [1.165, 1.54) is 6.92 Å². The van der Waals surface area contributed by atoms with Gasteiger partial charge in [0.15, 0.2) is 11.5 Å². The Hall–Kier alpha value is -2.25. The van der Waals surface area contributed by atoms with E-state index in [2.05, 4.69) is 12.6 Å². The average Bonchev–Trinajstić information content (AvgIpc) is 2.62. The van der Waals surface area contributed by atoms with Gasteiger partial charge >= 0.3 is 11.9 Å². The van der Waals surface area contributed by atoms with Gasteiger partial charge in [0.1, 0.15) is 17.4 Å². The molecule has 2 N–H and O–H groups in total. The Bertz CT molecular complexity index is 909. The number of carbonyl (C=O) groups is 2. The lowest BCUT2D eigenvalue weighted by Crippen LogP contribution is -2.36. The number of benzene rings is 2. The summed E-state index contributed by atoms with van der Waals surface area (Å²) in [5.41, 5.74) is 6.11. The van der Waals surface area contributed by atoms with Crippen LogP contribution in [0.3, 0.4) is 0 Å². The van der Waals surface area contributed by atoms with Crippen molar-refractivity contribution in [1.82, 2.24) is 0 Å². The number of thiol groups is 1. The molecule has 1 atom stereocenters. The molecule has 0 radical (unpaired) electrons. The highest BCUT2D eigenvalue weighted by Gasteiger charge is 2.34. The monoisotopic (exact) mass is 389 g/mol. The Balaban J connectivity index is 2.26. The van der Waals surface area contributed by atoms with Gasteiger partial charge in [-0.25, -0.2) is 4.79 Å². The van der Waals surface area contributed by atoms with Gasteiger partial charge in [-0.1, -0.05) is 24.3 Å². The molecule has 2 aromatic carbocycles. The first-order valence-corrected chi connectivity index (χ1v) is 9.40. The maximum Gasteiger partial charge on any atom is 0.329 e. The van der Waals surface area contributed by atoms with Crippen molar-refractivity contribution in [2.45, 2.75) is 45.3 Å². The number of hydrogen-bond donors (Lipinski definition) is 2. The minimum atomic E-state index is -0.886. The van der Waals surface area contributed by atoms with E-state index in [0.717, 1.165) is 11.8 Å². The summed E-state index contributed by atoms with van der Waals surface area (Å²) in [6.45, 7) is 5.33. The maximum atomic E-state index is 12.3. The third-order valence-electron chi connectivity index (χ3n) is 4.47. The molecule has 0 saturated carbocycles. The summed E-state index contributed by atoms with van der Waals surface area (Å²) in [6.07, 6.45) is 1.36. The van der Waals surface area contributed by atoms with Crippen molar-refractivity contribution in [1.29, 1.82) is 0 Å². The topological polar surface area (TPSA) is 87.9 Å². The summed E-state index contributed by atoms with van der Waals surface area (Å²) in [4.78, 5) is 24.1. The zero-order chi connectivity index (χ0) is 19.8. The minimum Gasteiger partial charge on any atom is -0.487 e. The van der Waals surface area contributed by atoms with Gasteiger partial charge in [-0.15, -0.1) is 0 Å². The predicted octanol–water partition coefficient (Wildman–Crippen LogP) is 3.03. The molecule has 0 fully saturated rings. The van der Waals surface area contributed by atoms with Crippen molar-refractivity contribution < 1.29 is 23.8 Å². The fourth-order valence-corrected chi connectivity index (χ4v) is 3.25. The molecule has 0 aliphatic carbocycles. The van der Waals surface area contributed by atoms with Gasteiger partial charge in [-0.3, -0.25) is 4.79 Å². The molecule has 6 nitrogen and oxygen atoms in total. The fraction of sp³-hybridized carbons (Fsp3) is 0.400. The number of rotatable bonds is 4. The first-order chi connectivity index (χ1) is 12.7. The number of esters is 2. The van der Waals surface area contributed by atoms with E-state index in [9.17, 15) is 9.59 Å². The molecule has 0 aromatic heterocycles. The van der Waals surface area contributed by atoms with Crippen LogP contribution >= 0.6 is 12.6 Å². The van der Waals surface area contributed by atoms with Crippen LogP contribution in [0.1, 0.15) is 32.8 Å². The number of ether oxygens (including phenoxy) is 3. The molecule has 0 unspecified atom stereocenters. The van der Waals surface area contributed by atoms with Crippen molar-refractivity contribution >= 4 is 35.3 Å². The first kappa shape index (κ1) is 19.5. The van der Waals surface area contributed by atoms with E-state index in [4.69, 9.17) is 19.9 Å². The number of nitrogens with two attached hydrogens (primary N) is 1. The molecule has 2 aromatic rings. The normalized spacial score (nSPS) is 16.2. The lowest BCUT2D eigenvalue weighted by molar-refractivity contribution is -0.136. The Labute approximate surface area is 163 Å². The van der Waals surface area contributed by atoms with Gasteiger partial charge in [0.05, 0.1) is 0 Å². The third-order valence-corrected chi connectivity index (χ3v) is 4.87. The summed E-state index contributed by atoms with van der Waals surface area (Å²) in [5.74, 6) is 0.0450. The van der Waals surface area contributed by atoms with Crippen LogP contribution < -0.4 is 19.9 Å². The quantitative estimate of drug-likeness (QED) is 0.475. The molecular weight excluding hydrogens is 366 g/mol. The molecule has 3 rings (SSSR count). The average molecular weight is 389 g/mol. The predicted molar refractivity (Wildman–Crippen MR) is 106 cm³/mol. The van der Waals surface area contributed by atoms with Gasteiger partial charge < -0.3 is 19.9 Å². The van der Waals surface area contributed by atoms with E-state index in [1.807, 2.05) is 32.0 Å². The molecule has 0 spiro atoms. The van der Waals surface area contributed by atoms with Crippen LogP contribution in [-0.4, -0.2) is 29.3 Å². The zero-order valence-electron chi connectivity index (χ0n) is 15.6. The number of fused-ring (bicyclic) bond motifs is 3. The standard InChI is InChI=1S/C20H23NO5S/c1-11(22)24-18-14-8-9-20(2,3)26-16(14)12-6-4-5-7-13(12)17(18)25-19(23)15(21)10-27/h4-7,15,27H,8-10,21H2,1-3H3/t15-/m0/s1. The van der Waals surface area contributed by atoms with Crippen molar-refractivity contribution in [2.75, 3.05) is 5.75 Å². The van der Waals surface area contributed by atoms with Gasteiger partial charge in [0.25, 0.3) is 0 Å². The van der Waals surface area contributed by atoms with E-state index in [-0.39, 0.29) is 22.9 Å². The second-order valence-electron chi connectivity index (χ2n) is 7.18. The van der Waals surface area contributed by atoms with Crippen LogP contribution in [0.4, 0.5) is 0 Å². The molecular formula is C20H23NO5S. The van der Waals surface area contributed by atoms with Gasteiger partial charge in [-0.05, 0) is 26.7 Å². The molecule has 144 valence electrons. The Morgan fingerprint density at radius 1 is 1.22 bits per heavy atom. The molecule has 0 bridgehead atoms. The van der Waals surface area contributed by atoms with Crippen LogP contribution in [0.2, 0.25) is 0 Å². The minimum absolute atomic E-state index is 0.141. The lowest BCUT2D eigenvalue weighted by Gasteiger charge is -2.34.